The number of carbonyl (C=O) groups excluding carboxylic acids is 1. The number of rotatable bonds is 4. The maximum atomic E-state index is 12.3. The van der Waals surface area contributed by atoms with Crippen LogP contribution in [0.15, 0.2) is 53.4 Å². The fraction of sp³-hybridized carbons (Fsp3) is 0.278. The van der Waals surface area contributed by atoms with Gasteiger partial charge in [-0.05, 0) is 54.7 Å². The lowest BCUT2D eigenvalue weighted by atomic mass is 10.0. The summed E-state index contributed by atoms with van der Waals surface area (Å²) in [7, 11) is -0.992. The first-order valence-corrected chi connectivity index (χ1v) is 8.92. The van der Waals surface area contributed by atoms with Gasteiger partial charge in [0, 0.05) is 33.6 Å². The zero-order valence-electron chi connectivity index (χ0n) is 12.7. The number of hydrogen-bond acceptors (Lipinski definition) is 2. The van der Waals surface area contributed by atoms with E-state index in [2.05, 4.69) is 24.4 Å². The van der Waals surface area contributed by atoms with E-state index in [1.165, 1.54) is 11.1 Å². The average Bonchev–Trinajstić information content (AvgIpc) is 3.28. The molecule has 3 nitrogen and oxygen atoms in total. The molecular formula is C18H19NO2S. The van der Waals surface area contributed by atoms with Crippen molar-refractivity contribution in [1.29, 1.82) is 0 Å². The van der Waals surface area contributed by atoms with Crippen LogP contribution >= 0.6 is 0 Å². The molecule has 0 spiro atoms. The molecule has 4 heteroatoms. The van der Waals surface area contributed by atoms with E-state index in [0.717, 1.165) is 17.0 Å². The summed E-state index contributed by atoms with van der Waals surface area (Å²) in [6.45, 7) is 2.09. The van der Waals surface area contributed by atoms with Crippen molar-refractivity contribution in [3.8, 4) is 0 Å². The topological polar surface area (TPSA) is 46.2 Å². The monoisotopic (exact) mass is 313 g/mol. The van der Waals surface area contributed by atoms with Crippen LogP contribution in [0.5, 0.6) is 0 Å². The molecule has 3 rings (SSSR count). The summed E-state index contributed by atoms with van der Waals surface area (Å²) in [5, 5.41) is 2.95. The van der Waals surface area contributed by atoms with E-state index in [0.29, 0.717) is 5.92 Å². The molecule has 0 aromatic heterocycles. The number of hydrogen-bond donors (Lipinski definition) is 1. The largest absolute Gasteiger partial charge is 0.326 e. The summed E-state index contributed by atoms with van der Waals surface area (Å²) in [5.41, 5.74) is 3.28. The normalized spacial score (nSPS) is 21.2. The van der Waals surface area contributed by atoms with Gasteiger partial charge in [-0.15, -0.1) is 0 Å². The van der Waals surface area contributed by atoms with Crippen molar-refractivity contribution in [3.63, 3.8) is 0 Å². The standard InChI is InChI=1S/C18H19NO2S/c1-12-5-3-4-6-15(12)16-11-17(16)18(20)19-13-7-9-14(10-8-13)22(2)21/h3-10,16-17H,11H2,1-2H3,(H,19,20)/t16-,17+,22-/m0/s1. The Labute approximate surface area is 133 Å². The Bertz CT molecular complexity index is 724. The van der Waals surface area contributed by atoms with Gasteiger partial charge in [0.25, 0.3) is 0 Å². The molecule has 0 aliphatic heterocycles. The summed E-state index contributed by atoms with van der Waals surface area (Å²) in [6.07, 6.45) is 2.55. The molecule has 1 N–H and O–H groups in total. The highest BCUT2D eigenvalue weighted by molar-refractivity contribution is 7.84. The predicted molar refractivity (Wildman–Crippen MR) is 89.4 cm³/mol. The zero-order valence-corrected chi connectivity index (χ0v) is 13.5. The first kappa shape index (κ1) is 15.0. The summed E-state index contributed by atoms with van der Waals surface area (Å²) in [4.78, 5) is 13.1. The van der Waals surface area contributed by atoms with E-state index in [9.17, 15) is 9.00 Å². The van der Waals surface area contributed by atoms with E-state index in [1.807, 2.05) is 12.1 Å². The van der Waals surface area contributed by atoms with Crippen LogP contribution in [0, 0.1) is 12.8 Å². The van der Waals surface area contributed by atoms with Crippen molar-refractivity contribution in [3.05, 3.63) is 59.7 Å². The van der Waals surface area contributed by atoms with Gasteiger partial charge in [0.05, 0.1) is 0 Å². The molecule has 1 aliphatic carbocycles. The fourth-order valence-corrected chi connectivity index (χ4v) is 3.32. The van der Waals surface area contributed by atoms with E-state index in [1.54, 1.807) is 30.5 Å². The molecule has 1 saturated carbocycles. The quantitative estimate of drug-likeness (QED) is 0.939. The first-order valence-electron chi connectivity index (χ1n) is 7.36. The van der Waals surface area contributed by atoms with Gasteiger partial charge in [-0.3, -0.25) is 9.00 Å². The second-order valence-corrected chi connectivity index (χ2v) is 7.15. The minimum Gasteiger partial charge on any atom is -0.326 e. The van der Waals surface area contributed by atoms with Crippen LogP contribution in [0.25, 0.3) is 0 Å². The minimum absolute atomic E-state index is 0.0566. The van der Waals surface area contributed by atoms with Gasteiger partial charge < -0.3 is 5.32 Å². The second-order valence-electron chi connectivity index (χ2n) is 5.77. The van der Waals surface area contributed by atoms with Crippen molar-refractivity contribution < 1.29 is 9.00 Å². The molecular weight excluding hydrogens is 294 g/mol. The van der Waals surface area contributed by atoms with Gasteiger partial charge in [-0.25, -0.2) is 0 Å². The smallest absolute Gasteiger partial charge is 0.228 e. The van der Waals surface area contributed by atoms with Crippen molar-refractivity contribution in [2.24, 2.45) is 5.92 Å². The predicted octanol–water partition coefficient (Wildman–Crippen LogP) is 3.47. The Kier molecular flexibility index (Phi) is 4.12. The number of nitrogens with one attached hydrogen (secondary N) is 1. The lowest BCUT2D eigenvalue weighted by Crippen LogP contribution is -2.14. The molecule has 0 radical (unpaired) electrons. The molecule has 3 atom stereocenters. The molecule has 0 bridgehead atoms. The van der Waals surface area contributed by atoms with Crippen molar-refractivity contribution in [2.45, 2.75) is 24.2 Å². The highest BCUT2D eigenvalue weighted by atomic mass is 32.2. The van der Waals surface area contributed by atoms with Gasteiger partial charge in [-0.2, -0.15) is 0 Å². The number of aryl methyl sites for hydroxylation is 1. The van der Waals surface area contributed by atoms with Crippen molar-refractivity contribution in [1.82, 2.24) is 0 Å². The summed E-state index contributed by atoms with van der Waals surface area (Å²) in [6, 6.07) is 15.4. The van der Waals surface area contributed by atoms with Crippen molar-refractivity contribution in [2.75, 3.05) is 11.6 Å². The molecule has 22 heavy (non-hydrogen) atoms. The number of amides is 1. The highest BCUT2D eigenvalue weighted by Gasteiger charge is 2.44. The molecule has 2 aromatic rings. The lowest BCUT2D eigenvalue weighted by Gasteiger charge is -2.07. The third-order valence-corrected chi connectivity index (χ3v) is 5.10. The van der Waals surface area contributed by atoms with Crippen LogP contribution in [0.3, 0.4) is 0 Å². The minimum atomic E-state index is -0.992. The molecule has 1 fully saturated rings. The van der Waals surface area contributed by atoms with Crippen LogP contribution in [0.2, 0.25) is 0 Å². The van der Waals surface area contributed by atoms with Crippen LogP contribution in [-0.2, 0) is 15.6 Å². The molecule has 114 valence electrons. The highest BCUT2D eigenvalue weighted by Crippen LogP contribution is 2.48. The molecule has 0 heterocycles. The van der Waals surface area contributed by atoms with E-state index < -0.39 is 10.8 Å². The molecule has 2 aromatic carbocycles. The van der Waals surface area contributed by atoms with Crippen LogP contribution < -0.4 is 5.32 Å². The molecule has 0 saturated heterocycles. The number of anilines is 1. The SMILES string of the molecule is Cc1ccccc1[C@@H]1C[C@H]1C(=O)Nc1ccc([S@](C)=O)cc1. The van der Waals surface area contributed by atoms with Gasteiger partial charge in [0.15, 0.2) is 0 Å². The van der Waals surface area contributed by atoms with Crippen LogP contribution in [0.4, 0.5) is 5.69 Å². The Hall–Kier alpha value is -1.94. The Morgan fingerprint density at radius 1 is 1.14 bits per heavy atom. The van der Waals surface area contributed by atoms with E-state index >= 15 is 0 Å². The van der Waals surface area contributed by atoms with Gasteiger partial charge in [0.2, 0.25) is 5.91 Å². The number of benzene rings is 2. The second kappa shape index (κ2) is 6.05. The van der Waals surface area contributed by atoms with Gasteiger partial charge in [0.1, 0.15) is 0 Å². The fourth-order valence-electron chi connectivity index (χ4n) is 2.80. The zero-order chi connectivity index (χ0) is 15.7. The third-order valence-electron chi connectivity index (χ3n) is 4.17. The van der Waals surface area contributed by atoms with Gasteiger partial charge in [-0.1, -0.05) is 24.3 Å². The van der Waals surface area contributed by atoms with Crippen molar-refractivity contribution >= 4 is 22.4 Å². The summed E-state index contributed by atoms with van der Waals surface area (Å²) in [5.74, 6) is 0.461. The average molecular weight is 313 g/mol. The number of carbonyl (C=O) groups is 1. The van der Waals surface area contributed by atoms with E-state index in [-0.39, 0.29) is 11.8 Å². The van der Waals surface area contributed by atoms with E-state index in [4.69, 9.17) is 0 Å². The Balaban J connectivity index is 1.64. The molecule has 1 aliphatic rings. The van der Waals surface area contributed by atoms with Gasteiger partial charge >= 0.3 is 0 Å². The maximum Gasteiger partial charge on any atom is 0.228 e. The first-order chi connectivity index (χ1) is 10.6. The Morgan fingerprint density at radius 3 is 2.45 bits per heavy atom. The molecule has 1 amide bonds. The maximum absolute atomic E-state index is 12.3. The lowest BCUT2D eigenvalue weighted by molar-refractivity contribution is -0.117. The summed E-state index contributed by atoms with van der Waals surface area (Å²) < 4.78 is 11.4. The molecule has 0 unspecified atom stereocenters. The van der Waals surface area contributed by atoms with Crippen LogP contribution in [-0.4, -0.2) is 16.4 Å². The van der Waals surface area contributed by atoms with Crippen LogP contribution in [0.1, 0.15) is 23.5 Å². The Morgan fingerprint density at radius 2 is 1.82 bits per heavy atom. The third kappa shape index (κ3) is 3.12. The summed E-state index contributed by atoms with van der Waals surface area (Å²) >= 11 is 0.